The van der Waals surface area contributed by atoms with Crippen molar-refractivity contribution >= 4 is 21.6 Å². The Hall–Kier alpha value is -2.94. The molecule has 14 heteroatoms. The third-order valence-electron chi connectivity index (χ3n) is 8.28. The normalized spacial score (nSPS) is 22.6. The van der Waals surface area contributed by atoms with E-state index >= 15 is 0 Å². The van der Waals surface area contributed by atoms with Crippen molar-refractivity contribution in [1.82, 2.24) is 9.80 Å². The lowest BCUT2D eigenvalue weighted by Gasteiger charge is -2.30. The molecule has 4 atom stereocenters. The van der Waals surface area contributed by atoms with Crippen LogP contribution in [0.4, 0.5) is 23.2 Å². The van der Waals surface area contributed by atoms with Gasteiger partial charge in [-0.25, -0.2) is 12.8 Å². The Morgan fingerprint density at radius 1 is 1.29 bits per heavy atom. The zero-order valence-corrected chi connectivity index (χ0v) is 24.0. The van der Waals surface area contributed by atoms with Crippen LogP contribution in [0, 0.1) is 11.7 Å². The number of carbonyl (C=O) groups is 1. The zero-order valence-electron chi connectivity index (χ0n) is 23.2. The van der Waals surface area contributed by atoms with Crippen molar-refractivity contribution in [3.8, 4) is 5.75 Å². The van der Waals surface area contributed by atoms with Gasteiger partial charge in [0.1, 0.15) is 11.6 Å². The number of halogens is 4. The second kappa shape index (κ2) is 11.6. The second-order valence-corrected chi connectivity index (χ2v) is 12.5. The van der Waals surface area contributed by atoms with E-state index in [4.69, 9.17) is 9.47 Å². The number of sulfonamides is 1. The number of ether oxygens (including phenoxy) is 2. The van der Waals surface area contributed by atoms with Crippen LogP contribution in [0.25, 0.3) is 0 Å². The predicted molar refractivity (Wildman–Crippen MR) is 144 cm³/mol. The quantitative estimate of drug-likeness (QED) is 0.309. The summed E-state index contributed by atoms with van der Waals surface area (Å²) >= 11 is 0. The van der Waals surface area contributed by atoms with E-state index in [0.29, 0.717) is 42.7 Å². The minimum atomic E-state index is -5.12. The number of aliphatic hydroxyl groups is 1. The number of carbonyl (C=O) groups excluding carboxylic acids is 1. The molecule has 2 heterocycles. The summed E-state index contributed by atoms with van der Waals surface area (Å²) in [7, 11) is -3.20. The minimum Gasteiger partial charge on any atom is -0.492 e. The molecule has 5 rings (SSSR count). The molecule has 1 unspecified atom stereocenters. The summed E-state index contributed by atoms with van der Waals surface area (Å²) in [4.78, 5) is 14.6. The van der Waals surface area contributed by atoms with Crippen molar-refractivity contribution < 1.29 is 45.4 Å². The van der Waals surface area contributed by atoms with Gasteiger partial charge in [-0.3, -0.25) is 9.52 Å². The number of benzene rings is 2. The van der Waals surface area contributed by atoms with Gasteiger partial charge in [0.2, 0.25) is 0 Å². The number of nitrogens with one attached hydrogen (secondary N) is 1. The maximum atomic E-state index is 14.3. The highest BCUT2D eigenvalue weighted by Gasteiger charge is 2.46. The highest BCUT2D eigenvalue weighted by molar-refractivity contribution is 7.92. The fourth-order valence-corrected chi connectivity index (χ4v) is 7.27. The van der Waals surface area contributed by atoms with E-state index in [0.717, 1.165) is 30.2 Å². The van der Waals surface area contributed by atoms with E-state index in [1.807, 2.05) is 11.8 Å². The largest absolute Gasteiger partial charge is 0.492 e. The Morgan fingerprint density at radius 2 is 2.05 bits per heavy atom. The smallest absolute Gasteiger partial charge is 0.471 e. The SMILES string of the molecule is CCN1CC[C@@H](N(CCc2cc(F)ccc2S(=O)(=O)Nc2ccc3c(c2C(O)OC)OC[C@@H]2C[C@H]32)C(=O)C(F)(F)F)C1. The molecule has 2 aliphatic heterocycles. The Bertz CT molecular complexity index is 1450. The number of rotatable bonds is 10. The van der Waals surface area contributed by atoms with E-state index in [1.165, 1.54) is 13.2 Å². The van der Waals surface area contributed by atoms with Gasteiger partial charge in [0.15, 0.2) is 6.29 Å². The Kier molecular flexibility index (Phi) is 8.45. The number of methoxy groups -OCH3 is 1. The first-order valence-electron chi connectivity index (χ1n) is 13.8. The summed E-state index contributed by atoms with van der Waals surface area (Å²) in [5, 5.41) is 10.6. The van der Waals surface area contributed by atoms with Crippen molar-refractivity contribution in [1.29, 1.82) is 0 Å². The van der Waals surface area contributed by atoms with Crippen molar-refractivity contribution in [2.45, 2.75) is 55.5 Å². The van der Waals surface area contributed by atoms with Gasteiger partial charge >= 0.3 is 12.1 Å². The molecule has 3 aliphatic rings. The monoisotopic (exact) mass is 615 g/mol. The Morgan fingerprint density at radius 3 is 2.71 bits per heavy atom. The van der Waals surface area contributed by atoms with E-state index in [1.54, 1.807) is 6.07 Å². The fraction of sp³-hybridized carbons (Fsp3) is 0.536. The minimum absolute atomic E-state index is 0.0167. The van der Waals surface area contributed by atoms with E-state index in [2.05, 4.69) is 4.72 Å². The first-order valence-corrected chi connectivity index (χ1v) is 15.2. The number of aliphatic hydroxyl groups excluding tert-OH is 1. The third kappa shape index (κ3) is 6.08. The number of amides is 1. The molecule has 0 bridgehead atoms. The van der Waals surface area contributed by atoms with Crippen LogP contribution in [-0.4, -0.2) is 81.3 Å². The molecule has 1 amide bonds. The van der Waals surface area contributed by atoms with Gasteiger partial charge in [-0.1, -0.05) is 13.0 Å². The standard InChI is InChI=1S/C28H33F4N3O6S/c1-3-34-10-9-19(14-34)35(27(37)28(30,31)32)11-8-16-12-18(29)4-7-23(16)42(38,39)33-22-6-5-20-21-13-17(21)15-41-25(20)24(22)26(36)40-2/h4-7,12,17,19,21,26,33,36H,3,8-11,13-15H2,1-2H3/t17-,19+,21-,26?/m0/s1. The zero-order chi connectivity index (χ0) is 30.4. The molecule has 0 spiro atoms. The number of nitrogens with zero attached hydrogens (tertiary/aromatic N) is 2. The van der Waals surface area contributed by atoms with Gasteiger partial charge in [-0.05, 0) is 67.1 Å². The Balaban J connectivity index is 1.44. The summed E-state index contributed by atoms with van der Waals surface area (Å²) in [6, 6.07) is 5.38. The van der Waals surface area contributed by atoms with Crippen molar-refractivity contribution in [3.63, 3.8) is 0 Å². The maximum absolute atomic E-state index is 14.3. The number of fused-ring (bicyclic) bond motifs is 3. The molecule has 0 aromatic heterocycles. The van der Waals surface area contributed by atoms with Crippen molar-refractivity contribution in [2.75, 3.05) is 44.6 Å². The lowest BCUT2D eigenvalue weighted by atomic mass is 10.00. The number of anilines is 1. The molecule has 1 saturated heterocycles. The van der Waals surface area contributed by atoms with Crippen LogP contribution in [0.3, 0.4) is 0 Å². The lowest BCUT2D eigenvalue weighted by Crippen LogP contribution is -2.49. The second-order valence-electron chi connectivity index (χ2n) is 10.9. The number of alkyl halides is 3. The topological polar surface area (TPSA) is 108 Å². The molecule has 2 N–H and O–H groups in total. The van der Waals surface area contributed by atoms with Gasteiger partial charge in [0, 0.05) is 38.7 Å². The molecule has 0 radical (unpaired) electrons. The molecule has 1 aliphatic carbocycles. The summed E-state index contributed by atoms with van der Waals surface area (Å²) in [6.07, 6.45) is -5.73. The van der Waals surface area contributed by atoms with Crippen LogP contribution in [0.2, 0.25) is 0 Å². The molecule has 42 heavy (non-hydrogen) atoms. The van der Waals surface area contributed by atoms with Crippen molar-refractivity contribution in [2.24, 2.45) is 5.92 Å². The highest BCUT2D eigenvalue weighted by atomic mass is 32.2. The molecule has 2 fully saturated rings. The molecule has 2 aromatic rings. The van der Waals surface area contributed by atoms with Crippen LogP contribution in [0.1, 0.15) is 48.7 Å². The Labute approximate surface area is 241 Å². The lowest BCUT2D eigenvalue weighted by molar-refractivity contribution is -0.187. The third-order valence-corrected chi connectivity index (χ3v) is 9.74. The van der Waals surface area contributed by atoms with Crippen LogP contribution in [0.15, 0.2) is 35.2 Å². The van der Waals surface area contributed by atoms with Gasteiger partial charge in [-0.2, -0.15) is 13.2 Å². The molecule has 230 valence electrons. The molecular formula is C28H33F4N3O6S. The van der Waals surface area contributed by atoms with Crippen LogP contribution < -0.4 is 9.46 Å². The van der Waals surface area contributed by atoms with E-state index in [-0.39, 0.29) is 40.6 Å². The number of hydrogen-bond donors (Lipinski definition) is 2. The molecule has 2 aromatic carbocycles. The van der Waals surface area contributed by atoms with Gasteiger partial charge in [0.25, 0.3) is 10.0 Å². The van der Waals surface area contributed by atoms with Gasteiger partial charge < -0.3 is 24.4 Å². The average Bonchev–Trinajstić information content (AvgIpc) is 3.59. The van der Waals surface area contributed by atoms with Gasteiger partial charge in [-0.15, -0.1) is 0 Å². The number of hydrogen-bond acceptors (Lipinski definition) is 7. The molecule has 1 saturated carbocycles. The summed E-state index contributed by atoms with van der Waals surface area (Å²) in [5.74, 6) is -1.85. The van der Waals surface area contributed by atoms with Crippen LogP contribution in [0.5, 0.6) is 5.75 Å². The number of likely N-dealkylation sites (tertiary alicyclic amines) is 1. The van der Waals surface area contributed by atoms with E-state index in [9.17, 15) is 35.9 Å². The maximum Gasteiger partial charge on any atom is 0.471 e. The van der Waals surface area contributed by atoms with E-state index < -0.39 is 46.8 Å². The summed E-state index contributed by atoms with van der Waals surface area (Å²) in [6.45, 7) is 3.20. The first-order chi connectivity index (χ1) is 19.8. The van der Waals surface area contributed by atoms with Crippen LogP contribution >= 0.6 is 0 Å². The first kappa shape index (κ1) is 30.5. The summed E-state index contributed by atoms with van der Waals surface area (Å²) in [5.41, 5.74) is 0.815. The number of likely N-dealkylation sites (N-methyl/N-ethyl adjacent to an activating group) is 1. The van der Waals surface area contributed by atoms with Crippen LogP contribution in [-0.2, 0) is 26.0 Å². The predicted octanol–water partition coefficient (Wildman–Crippen LogP) is 3.79. The average molecular weight is 616 g/mol. The van der Waals surface area contributed by atoms with Crippen molar-refractivity contribution in [3.05, 3.63) is 52.8 Å². The van der Waals surface area contributed by atoms with Gasteiger partial charge in [0.05, 0.1) is 22.8 Å². The highest BCUT2D eigenvalue weighted by Crippen LogP contribution is 2.56. The molecular weight excluding hydrogens is 582 g/mol. The summed E-state index contributed by atoms with van der Waals surface area (Å²) < 4.78 is 95.5. The molecule has 9 nitrogen and oxygen atoms in total. The fourth-order valence-electron chi connectivity index (χ4n) is 5.94.